The maximum atomic E-state index is 13.6. The smallest absolute Gasteiger partial charge is 0.328 e. The standard InChI is InChI=1S/C36H49N3O5Si/c1-26(2)25-32(39-33(40)30(37)22-21-27-15-9-6-10-16-27)34(41)38-31(35(42)44-5)23-24-36(3,4)45(43,28-17-11-7-12-18-28)29-19-13-8-14-20-29/h6-20,26,30-32,43H,21-25,37H2,1-5H3,(H,38,41)(H,39,40)/t30-,31-,32-/m0/s1. The van der Waals surface area contributed by atoms with Gasteiger partial charge in [-0.1, -0.05) is 119 Å². The van der Waals surface area contributed by atoms with E-state index in [2.05, 4.69) is 10.6 Å². The highest BCUT2D eigenvalue weighted by molar-refractivity contribution is 6.98. The predicted molar refractivity (Wildman–Crippen MR) is 181 cm³/mol. The third kappa shape index (κ3) is 9.60. The van der Waals surface area contributed by atoms with Crippen molar-refractivity contribution in [2.45, 2.75) is 83.0 Å². The van der Waals surface area contributed by atoms with E-state index in [4.69, 9.17) is 10.5 Å². The Bertz CT molecular complexity index is 1330. The maximum absolute atomic E-state index is 13.6. The molecule has 0 unspecified atom stereocenters. The number of rotatable bonds is 16. The Hall–Kier alpha value is -3.79. The zero-order valence-electron chi connectivity index (χ0n) is 27.2. The Kier molecular flexibility index (Phi) is 13.1. The van der Waals surface area contributed by atoms with Crippen molar-refractivity contribution in [2.24, 2.45) is 11.7 Å². The summed E-state index contributed by atoms with van der Waals surface area (Å²) in [7, 11) is -2.04. The fourth-order valence-corrected chi connectivity index (χ4v) is 9.49. The zero-order chi connectivity index (χ0) is 33.0. The molecule has 0 radical (unpaired) electrons. The number of hydrogen-bond donors (Lipinski definition) is 4. The molecule has 8 nitrogen and oxygen atoms in total. The lowest BCUT2D eigenvalue weighted by atomic mass is 9.99. The minimum absolute atomic E-state index is 0.0925. The van der Waals surface area contributed by atoms with E-state index in [1.807, 2.05) is 119 Å². The molecule has 0 aliphatic carbocycles. The van der Waals surface area contributed by atoms with Gasteiger partial charge in [-0.2, -0.15) is 0 Å². The maximum Gasteiger partial charge on any atom is 0.328 e. The van der Waals surface area contributed by atoms with Gasteiger partial charge in [-0.25, -0.2) is 4.79 Å². The van der Waals surface area contributed by atoms with Crippen LogP contribution in [-0.4, -0.2) is 56.1 Å². The number of esters is 1. The van der Waals surface area contributed by atoms with E-state index >= 15 is 0 Å². The Labute approximate surface area is 268 Å². The van der Waals surface area contributed by atoms with Crippen LogP contribution in [0.3, 0.4) is 0 Å². The van der Waals surface area contributed by atoms with E-state index in [1.54, 1.807) is 0 Å². The third-order valence-electron chi connectivity index (χ3n) is 8.49. The minimum Gasteiger partial charge on any atom is -0.467 e. The first kappa shape index (κ1) is 35.7. The summed E-state index contributed by atoms with van der Waals surface area (Å²) in [5.74, 6) is -1.38. The van der Waals surface area contributed by atoms with Crippen LogP contribution in [0.4, 0.5) is 0 Å². The third-order valence-corrected chi connectivity index (χ3v) is 13.0. The molecule has 0 aliphatic rings. The lowest BCUT2D eigenvalue weighted by Gasteiger charge is -2.42. The van der Waals surface area contributed by atoms with Gasteiger partial charge >= 0.3 is 5.97 Å². The number of methoxy groups -OCH3 is 1. The molecule has 3 aromatic carbocycles. The summed E-state index contributed by atoms with van der Waals surface area (Å²) in [5, 5.41) is 6.76. The molecule has 0 spiro atoms. The van der Waals surface area contributed by atoms with Gasteiger partial charge in [-0.05, 0) is 59.0 Å². The highest BCUT2D eigenvalue weighted by atomic mass is 28.4. The highest BCUT2D eigenvalue weighted by Crippen LogP contribution is 2.40. The molecule has 9 heteroatoms. The van der Waals surface area contributed by atoms with Crippen molar-refractivity contribution in [1.82, 2.24) is 10.6 Å². The molecule has 0 fully saturated rings. The lowest BCUT2D eigenvalue weighted by molar-refractivity contribution is -0.145. The number of hydrogen-bond acceptors (Lipinski definition) is 6. The van der Waals surface area contributed by atoms with Crippen molar-refractivity contribution in [3.8, 4) is 0 Å². The van der Waals surface area contributed by atoms with E-state index in [0.717, 1.165) is 15.9 Å². The number of carbonyl (C=O) groups excluding carboxylic acids is 3. The molecule has 3 rings (SSSR count). The fourth-order valence-electron chi connectivity index (χ4n) is 5.74. The van der Waals surface area contributed by atoms with Crippen LogP contribution < -0.4 is 26.7 Å². The number of carbonyl (C=O) groups is 3. The van der Waals surface area contributed by atoms with Gasteiger partial charge in [0.1, 0.15) is 12.1 Å². The first-order valence-electron chi connectivity index (χ1n) is 15.7. The molecule has 0 saturated carbocycles. The Morgan fingerprint density at radius 3 is 1.78 bits per heavy atom. The number of nitrogens with two attached hydrogens (primary N) is 1. The van der Waals surface area contributed by atoms with Crippen LogP contribution in [0.25, 0.3) is 0 Å². The summed E-state index contributed by atoms with van der Waals surface area (Å²) in [5.41, 5.74) is 7.29. The molecule has 5 N–H and O–H groups in total. The minimum atomic E-state index is -3.33. The first-order chi connectivity index (χ1) is 21.4. The number of nitrogens with one attached hydrogen (secondary N) is 2. The molecule has 0 aromatic heterocycles. The van der Waals surface area contributed by atoms with Crippen molar-refractivity contribution in [2.75, 3.05) is 7.11 Å². The van der Waals surface area contributed by atoms with E-state index < -0.39 is 49.3 Å². The van der Waals surface area contributed by atoms with Gasteiger partial charge < -0.3 is 25.9 Å². The monoisotopic (exact) mass is 631 g/mol. The summed E-state index contributed by atoms with van der Waals surface area (Å²) in [6.07, 6.45) is 2.10. The second-order valence-corrected chi connectivity index (χ2v) is 16.7. The van der Waals surface area contributed by atoms with E-state index in [9.17, 15) is 19.2 Å². The van der Waals surface area contributed by atoms with Crippen LogP contribution in [-0.2, 0) is 25.5 Å². The second kappa shape index (κ2) is 16.5. The summed E-state index contributed by atoms with van der Waals surface area (Å²) < 4.78 is 5.08. The van der Waals surface area contributed by atoms with Crippen molar-refractivity contribution < 1.29 is 23.9 Å². The quantitative estimate of drug-likeness (QED) is 0.142. The first-order valence-corrected chi connectivity index (χ1v) is 17.6. The summed E-state index contributed by atoms with van der Waals surface area (Å²) in [6.45, 7) is 7.93. The molecule has 2 amide bonds. The summed E-state index contributed by atoms with van der Waals surface area (Å²) in [6, 6.07) is 26.4. The summed E-state index contributed by atoms with van der Waals surface area (Å²) in [4.78, 5) is 52.1. The molecular formula is C36H49N3O5Si. The second-order valence-electron chi connectivity index (χ2n) is 12.8. The average Bonchev–Trinajstić information content (AvgIpc) is 3.05. The molecule has 0 heterocycles. The number of amides is 2. The molecule has 242 valence electrons. The van der Waals surface area contributed by atoms with Crippen LogP contribution in [0.1, 0.15) is 58.9 Å². The highest BCUT2D eigenvalue weighted by Gasteiger charge is 2.50. The number of ether oxygens (including phenoxy) is 1. The van der Waals surface area contributed by atoms with Gasteiger partial charge in [0, 0.05) is 0 Å². The SMILES string of the molecule is COC(=O)[C@H](CCC(C)(C)[Si](O)(c1ccccc1)c1ccccc1)NC(=O)[C@H](CC(C)C)NC(=O)[C@@H](N)CCc1ccccc1. The van der Waals surface area contributed by atoms with Crippen molar-refractivity contribution in [3.05, 3.63) is 96.6 Å². The van der Waals surface area contributed by atoms with E-state index in [-0.39, 0.29) is 12.3 Å². The van der Waals surface area contributed by atoms with Gasteiger partial charge in [-0.15, -0.1) is 0 Å². The van der Waals surface area contributed by atoms with Gasteiger partial charge in [-0.3, -0.25) is 9.59 Å². The number of aryl methyl sites for hydroxylation is 1. The topological polar surface area (TPSA) is 131 Å². The van der Waals surface area contributed by atoms with Crippen LogP contribution in [0.2, 0.25) is 5.04 Å². The van der Waals surface area contributed by atoms with Crippen molar-refractivity contribution in [1.29, 1.82) is 0 Å². The van der Waals surface area contributed by atoms with Gasteiger partial charge in [0.15, 0.2) is 0 Å². The van der Waals surface area contributed by atoms with Gasteiger partial charge in [0.05, 0.1) is 13.2 Å². The molecule has 0 saturated heterocycles. The normalized spacial score (nSPS) is 13.9. The molecule has 0 bridgehead atoms. The van der Waals surface area contributed by atoms with E-state index in [1.165, 1.54) is 7.11 Å². The molecule has 45 heavy (non-hydrogen) atoms. The Morgan fingerprint density at radius 2 is 1.29 bits per heavy atom. The molecule has 3 atom stereocenters. The summed E-state index contributed by atoms with van der Waals surface area (Å²) >= 11 is 0. The van der Waals surface area contributed by atoms with Crippen LogP contribution in [0.15, 0.2) is 91.0 Å². The average molecular weight is 632 g/mol. The molecule has 3 aromatic rings. The largest absolute Gasteiger partial charge is 0.467 e. The molecule has 0 aliphatic heterocycles. The molecular weight excluding hydrogens is 582 g/mol. The van der Waals surface area contributed by atoms with Crippen molar-refractivity contribution >= 4 is 36.5 Å². The van der Waals surface area contributed by atoms with Crippen molar-refractivity contribution in [3.63, 3.8) is 0 Å². The lowest BCUT2D eigenvalue weighted by Crippen LogP contribution is -2.65. The zero-order valence-corrected chi connectivity index (χ0v) is 28.2. The van der Waals surface area contributed by atoms with Gasteiger partial charge in [0.25, 0.3) is 8.32 Å². The van der Waals surface area contributed by atoms with Crippen LogP contribution >= 0.6 is 0 Å². The van der Waals surface area contributed by atoms with Gasteiger partial charge in [0.2, 0.25) is 11.8 Å². The fraction of sp³-hybridized carbons (Fsp3) is 0.417. The number of benzene rings is 3. The van der Waals surface area contributed by atoms with Crippen LogP contribution in [0.5, 0.6) is 0 Å². The Balaban J connectivity index is 1.75. The predicted octanol–water partition coefficient (Wildman–Crippen LogP) is 3.45. The van der Waals surface area contributed by atoms with E-state index in [0.29, 0.717) is 25.7 Å². The van der Waals surface area contributed by atoms with Crippen LogP contribution in [0, 0.1) is 5.92 Å². The Morgan fingerprint density at radius 1 is 0.800 bits per heavy atom.